The molecule has 1 rings (SSSR count). The molecular weight excluding hydrogens is 212 g/mol. The molecule has 0 aliphatic carbocycles. The fourth-order valence-corrected chi connectivity index (χ4v) is 1.56. The van der Waals surface area contributed by atoms with Crippen LogP contribution in [0.25, 0.3) is 0 Å². The summed E-state index contributed by atoms with van der Waals surface area (Å²) in [5.41, 5.74) is 1.63. The van der Waals surface area contributed by atoms with Crippen LogP contribution >= 0.6 is 0 Å². The fraction of sp³-hybridized carbons (Fsp3) is 0.600. The molecule has 0 fully saturated rings. The highest BCUT2D eigenvalue weighted by molar-refractivity contribution is 5.32. The Bertz CT molecular complexity index is 344. The predicted molar refractivity (Wildman–Crippen MR) is 71.5 cm³/mol. The van der Waals surface area contributed by atoms with Crippen molar-refractivity contribution >= 4 is 0 Å². The van der Waals surface area contributed by atoms with Crippen molar-refractivity contribution in [1.82, 2.24) is 0 Å². The molecular formula is C15H24O2. The summed E-state index contributed by atoms with van der Waals surface area (Å²) in [6.45, 7) is 11.7. The van der Waals surface area contributed by atoms with Crippen LogP contribution in [0.4, 0.5) is 0 Å². The lowest BCUT2D eigenvalue weighted by Crippen LogP contribution is -2.33. The summed E-state index contributed by atoms with van der Waals surface area (Å²) in [7, 11) is 0. The number of ether oxygens (including phenoxy) is 1. The molecule has 96 valence electrons. The molecule has 2 nitrogen and oxygen atoms in total. The van der Waals surface area contributed by atoms with Crippen LogP contribution in [0.5, 0.6) is 5.75 Å². The van der Waals surface area contributed by atoms with Crippen LogP contribution in [0.1, 0.15) is 40.2 Å². The van der Waals surface area contributed by atoms with Crippen molar-refractivity contribution < 1.29 is 9.84 Å². The summed E-state index contributed by atoms with van der Waals surface area (Å²) in [5, 5.41) is 8.69. The third kappa shape index (κ3) is 3.22. The normalized spacial score (nSPS) is 12.6. The summed E-state index contributed by atoms with van der Waals surface area (Å²) in [6, 6.07) is 8.16. The number of benzene rings is 1. The zero-order chi connectivity index (χ0) is 13.1. The van der Waals surface area contributed by atoms with E-state index < -0.39 is 0 Å². The Morgan fingerprint density at radius 2 is 1.53 bits per heavy atom. The molecule has 2 heteroatoms. The van der Waals surface area contributed by atoms with Gasteiger partial charge in [0.25, 0.3) is 0 Å². The quantitative estimate of drug-likeness (QED) is 0.868. The molecule has 0 aliphatic rings. The Morgan fingerprint density at radius 1 is 1.00 bits per heavy atom. The molecule has 0 saturated heterocycles. The Balaban J connectivity index is 2.87. The summed E-state index contributed by atoms with van der Waals surface area (Å²) in [4.78, 5) is 0. The maximum absolute atomic E-state index is 8.69. The van der Waals surface area contributed by atoms with Gasteiger partial charge in [0.05, 0.1) is 6.61 Å². The minimum Gasteiger partial charge on any atom is -0.491 e. The molecule has 0 amide bonds. The smallest absolute Gasteiger partial charge is 0.119 e. The second-order valence-electron chi connectivity index (χ2n) is 5.97. The standard InChI is InChI=1S/C15H24O2/c1-14(2,3)15(4,5)12-6-8-13(9-7-12)17-11-10-16/h6-9,16H,10-11H2,1-5H3. The van der Waals surface area contributed by atoms with Crippen LogP contribution in [0, 0.1) is 5.41 Å². The van der Waals surface area contributed by atoms with Crippen LogP contribution < -0.4 is 4.74 Å². The van der Waals surface area contributed by atoms with Gasteiger partial charge in [-0.25, -0.2) is 0 Å². The van der Waals surface area contributed by atoms with Gasteiger partial charge < -0.3 is 9.84 Å². The van der Waals surface area contributed by atoms with Crippen molar-refractivity contribution in [2.24, 2.45) is 5.41 Å². The summed E-state index contributed by atoms with van der Waals surface area (Å²) in [5.74, 6) is 0.813. The highest BCUT2D eigenvalue weighted by Crippen LogP contribution is 2.41. The molecule has 0 radical (unpaired) electrons. The van der Waals surface area contributed by atoms with Crippen molar-refractivity contribution in [3.63, 3.8) is 0 Å². The molecule has 0 unspecified atom stereocenters. The van der Waals surface area contributed by atoms with Crippen molar-refractivity contribution in [1.29, 1.82) is 0 Å². The second-order valence-corrected chi connectivity index (χ2v) is 5.97. The highest BCUT2D eigenvalue weighted by Gasteiger charge is 2.34. The minimum absolute atomic E-state index is 0.0508. The van der Waals surface area contributed by atoms with Crippen molar-refractivity contribution in [2.45, 2.75) is 40.0 Å². The first-order chi connectivity index (χ1) is 7.79. The van der Waals surface area contributed by atoms with Gasteiger partial charge in [-0.1, -0.05) is 46.8 Å². The Kier molecular flexibility index (Phi) is 4.21. The van der Waals surface area contributed by atoms with Gasteiger partial charge in [0, 0.05) is 0 Å². The van der Waals surface area contributed by atoms with Crippen LogP contribution in [0.3, 0.4) is 0 Å². The number of hydrogen-bond acceptors (Lipinski definition) is 2. The van der Waals surface area contributed by atoms with E-state index in [2.05, 4.69) is 46.8 Å². The number of aliphatic hydroxyl groups excluding tert-OH is 1. The van der Waals surface area contributed by atoms with E-state index in [1.807, 2.05) is 12.1 Å². The zero-order valence-electron chi connectivity index (χ0n) is 11.6. The van der Waals surface area contributed by atoms with Gasteiger partial charge in [0.15, 0.2) is 0 Å². The van der Waals surface area contributed by atoms with Crippen LogP contribution in [0.15, 0.2) is 24.3 Å². The average Bonchev–Trinajstić information content (AvgIpc) is 2.25. The average molecular weight is 236 g/mol. The SMILES string of the molecule is CC(C)(C)C(C)(C)c1ccc(OCCO)cc1. The van der Waals surface area contributed by atoms with Crippen molar-refractivity contribution in [3.8, 4) is 5.75 Å². The third-order valence-corrected chi connectivity index (χ3v) is 3.81. The Labute approximate surface area is 105 Å². The van der Waals surface area contributed by atoms with E-state index in [0.717, 1.165) is 5.75 Å². The predicted octanol–water partition coefficient (Wildman–Crippen LogP) is 3.38. The monoisotopic (exact) mass is 236 g/mol. The van der Waals surface area contributed by atoms with E-state index >= 15 is 0 Å². The molecule has 0 bridgehead atoms. The van der Waals surface area contributed by atoms with Crippen LogP contribution in [-0.4, -0.2) is 18.3 Å². The molecule has 0 heterocycles. The van der Waals surface area contributed by atoms with Gasteiger partial charge in [-0.2, -0.15) is 0 Å². The van der Waals surface area contributed by atoms with Gasteiger partial charge in [-0.15, -0.1) is 0 Å². The van der Waals surface area contributed by atoms with E-state index in [4.69, 9.17) is 9.84 Å². The van der Waals surface area contributed by atoms with E-state index in [1.54, 1.807) is 0 Å². The summed E-state index contributed by atoms with van der Waals surface area (Å²) in [6.07, 6.45) is 0. The number of hydrogen-bond donors (Lipinski definition) is 1. The molecule has 1 aromatic carbocycles. The minimum atomic E-state index is 0.0508. The first kappa shape index (κ1) is 14.0. The largest absolute Gasteiger partial charge is 0.491 e. The number of rotatable bonds is 4. The summed E-state index contributed by atoms with van der Waals surface area (Å²) >= 11 is 0. The molecule has 1 N–H and O–H groups in total. The second kappa shape index (κ2) is 5.09. The maximum atomic E-state index is 8.69. The lowest BCUT2D eigenvalue weighted by molar-refractivity contribution is 0.201. The molecule has 0 aliphatic heterocycles. The maximum Gasteiger partial charge on any atom is 0.119 e. The summed E-state index contributed by atoms with van der Waals surface area (Å²) < 4.78 is 5.36. The van der Waals surface area contributed by atoms with Gasteiger partial charge in [0.1, 0.15) is 12.4 Å². The van der Waals surface area contributed by atoms with E-state index in [1.165, 1.54) is 5.56 Å². The van der Waals surface area contributed by atoms with Gasteiger partial charge in [-0.05, 0) is 28.5 Å². The van der Waals surface area contributed by atoms with Gasteiger partial charge >= 0.3 is 0 Å². The molecule has 1 aromatic rings. The first-order valence-corrected chi connectivity index (χ1v) is 6.13. The molecule has 17 heavy (non-hydrogen) atoms. The van der Waals surface area contributed by atoms with Crippen LogP contribution in [0.2, 0.25) is 0 Å². The molecule has 0 spiro atoms. The van der Waals surface area contributed by atoms with E-state index in [0.29, 0.717) is 6.61 Å². The van der Waals surface area contributed by atoms with E-state index in [-0.39, 0.29) is 17.4 Å². The van der Waals surface area contributed by atoms with Crippen LogP contribution in [-0.2, 0) is 5.41 Å². The van der Waals surface area contributed by atoms with Crippen molar-refractivity contribution in [2.75, 3.05) is 13.2 Å². The topological polar surface area (TPSA) is 29.5 Å². The van der Waals surface area contributed by atoms with E-state index in [9.17, 15) is 0 Å². The number of aliphatic hydroxyl groups is 1. The van der Waals surface area contributed by atoms with Crippen molar-refractivity contribution in [3.05, 3.63) is 29.8 Å². The Morgan fingerprint density at radius 3 is 1.94 bits per heavy atom. The van der Waals surface area contributed by atoms with Gasteiger partial charge in [0.2, 0.25) is 0 Å². The lowest BCUT2D eigenvalue weighted by atomic mass is 9.65. The fourth-order valence-electron chi connectivity index (χ4n) is 1.56. The molecule has 0 aromatic heterocycles. The van der Waals surface area contributed by atoms with Gasteiger partial charge in [-0.3, -0.25) is 0 Å². The lowest BCUT2D eigenvalue weighted by Gasteiger charge is -2.39. The first-order valence-electron chi connectivity index (χ1n) is 6.13. The molecule has 0 saturated carbocycles. The highest BCUT2D eigenvalue weighted by atomic mass is 16.5. The Hall–Kier alpha value is -1.02. The third-order valence-electron chi connectivity index (χ3n) is 3.81. The molecule has 0 atom stereocenters. The zero-order valence-corrected chi connectivity index (χ0v) is 11.6.